The summed E-state index contributed by atoms with van der Waals surface area (Å²) in [6.45, 7) is 3.58. The van der Waals surface area contributed by atoms with Crippen molar-refractivity contribution in [2.24, 2.45) is 0 Å². The van der Waals surface area contributed by atoms with Crippen LogP contribution in [-0.2, 0) is 0 Å². The Kier molecular flexibility index (Phi) is 2.60. The van der Waals surface area contributed by atoms with Crippen molar-refractivity contribution in [3.63, 3.8) is 0 Å². The number of fused-ring (bicyclic) bond motifs is 1. The molecule has 0 atom stereocenters. The van der Waals surface area contributed by atoms with Gasteiger partial charge in [0.15, 0.2) is 11.2 Å². The SMILES string of the molecule is C#CC(C)(C)Oc1nc(NC)nc2nc[nH]c12. The van der Waals surface area contributed by atoms with E-state index in [0.717, 1.165) is 0 Å². The number of H-pyrrole nitrogens is 1. The van der Waals surface area contributed by atoms with Crippen LogP contribution in [-0.4, -0.2) is 32.6 Å². The van der Waals surface area contributed by atoms with E-state index < -0.39 is 5.60 Å². The summed E-state index contributed by atoms with van der Waals surface area (Å²) in [6.07, 6.45) is 6.92. The van der Waals surface area contributed by atoms with Gasteiger partial charge in [-0.2, -0.15) is 9.97 Å². The van der Waals surface area contributed by atoms with Crippen LogP contribution in [0.1, 0.15) is 13.8 Å². The lowest BCUT2D eigenvalue weighted by atomic mass is 10.1. The molecule has 0 spiro atoms. The predicted molar refractivity (Wildman–Crippen MR) is 64.8 cm³/mol. The smallest absolute Gasteiger partial charge is 0.246 e. The van der Waals surface area contributed by atoms with E-state index in [1.807, 2.05) is 0 Å². The summed E-state index contributed by atoms with van der Waals surface area (Å²) >= 11 is 0. The molecule has 2 rings (SSSR count). The minimum Gasteiger partial charge on any atom is -0.457 e. The quantitative estimate of drug-likeness (QED) is 0.776. The van der Waals surface area contributed by atoms with Crippen LogP contribution >= 0.6 is 0 Å². The third kappa shape index (κ3) is 2.13. The average molecular weight is 231 g/mol. The number of hydrogen-bond acceptors (Lipinski definition) is 5. The van der Waals surface area contributed by atoms with Gasteiger partial charge < -0.3 is 15.0 Å². The molecule has 0 aliphatic rings. The van der Waals surface area contributed by atoms with Crippen LogP contribution in [0.4, 0.5) is 5.95 Å². The largest absolute Gasteiger partial charge is 0.457 e. The number of anilines is 1. The van der Waals surface area contributed by atoms with Gasteiger partial charge in [-0.3, -0.25) is 0 Å². The second kappa shape index (κ2) is 3.94. The molecule has 0 fully saturated rings. The number of nitrogens with zero attached hydrogens (tertiary/aromatic N) is 3. The van der Waals surface area contributed by atoms with E-state index in [9.17, 15) is 0 Å². The van der Waals surface area contributed by atoms with E-state index in [0.29, 0.717) is 23.0 Å². The second-order valence-corrected chi connectivity index (χ2v) is 3.96. The molecule has 2 heterocycles. The maximum Gasteiger partial charge on any atom is 0.246 e. The Bertz CT molecular complexity index is 581. The monoisotopic (exact) mass is 231 g/mol. The highest BCUT2D eigenvalue weighted by atomic mass is 16.5. The maximum atomic E-state index is 5.67. The minimum atomic E-state index is -0.739. The van der Waals surface area contributed by atoms with E-state index in [1.165, 1.54) is 6.33 Å². The highest BCUT2D eigenvalue weighted by molar-refractivity contribution is 5.77. The van der Waals surface area contributed by atoms with E-state index in [1.54, 1.807) is 20.9 Å². The lowest BCUT2D eigenvalue weighted by Crippen LogP contribution is -2.26. The zero-order valence-electron chi connectivity index (χ0n) is 9.90. The molecule has 0 saturated heterocycles. The van der Waals surface area contributed by atoms with Gasteiger partial charge in [0.1, 0.15) is 5.52 Å². The van der Waals surface area contributed by atoms with Gasteiger partial charge in [-0.25, -0.2) is 4.98 Å². The van der Waals surface area contributed by atoms with E-state index in [2.05, 4.69) is 31.2 Å². The van der Waals surface area contributed by atoms with Crippen LogP contribution in [0.2, 0.25) is 0 Å². The summed E-state index contributed by atoms with van der Waals surface area (Å²) in [5, 5.41) is 2.85. The number of aromatic amines is 1. The van der Waals surface area contributed by atoms with Crippen LogP contribution in [0.5, 0.6) is 5.88 Å². The number of ether oxygens (including phenoxy) is 1. The van der Waals surface area contributed by atoms with Crippen molar-refractivity contribution in [2.75, 3.05) is 12.4 Å². The molecular weight excluding hydrogens is 218 g/mol. The van der Waals surface area contributed by atoms with E-state index in [-0.39, 0.29) is 0 Å². The topological polar surface area (TPSA) is 75.7 Å². The molecule has 0 aromatic carbocycles. The molecule has 17 heavy (non-hydrogen) atoms. The molecule has 2 N–H and O–H groups in total. The van der Waals surface area contributed by atoms with Crippen molar-refractivity contribution in [1.82, 2.24) is 19.9 Å². The van der Waals surface area contributed by atoms with Crippen molar-refractivity contribution in [3.05, 3.63) is 6.33 Å². The summed E-state index contributed by atoms with van der Waals surface area (Å²) in [5.74, 6) is 3.37. The lowest BCUT2D eigenvalue weighted by molar-refractivity contribution is 0.167. The zero-order chi connectivity index (χ0) is 12.5. The molecule has 0 radical (unpaired) electrons. The molecule has 2 aromatic rings. The van der Waals surface area contributed by atoms with Crippen molar-refractivity contribution >= 4 is 17.1 Å². The van der Waals surface area contributed by atoms with Gasteiger partial charge in [-0.15, -0.1) is 6.42 Å². The molecule has 0 aliphatic carbocycles. The Hall–Kier alpha value is -2.29. The average Bonchev–Trinajstić information content (AvgIpc) is 2.76. The molecule has 0 unspecified atom stereocenters. The van der Waals surface area contributed by atoms with E-state index in [4.69, 9.17) is 11.2 Å². The van der Waals surface area contributed by atoms with Gasteiger partial charge in [0.05, 0.1) is 6.33 Å². The summed E-state index contributed by atoms with van der Waals surface area (Å²) in [6, 6.07) is 0. The van der Waals surface area contributed by atoms with Crippen LogP contribution < -0.4 is 10.1 Å². The number of nitrogens with one attached hydrogen (secondary N) is 2. The number of aromatic nitrogens is 4. The fourth-order valence-corrected chi connectivity index (χ4v) is 1.26. The van der Waals surface area contributed by atoms with Crippen LogP contribution in [0.3, 0.4) is 0 Å². The highest BCUT2D eigenvalue weighted by Crippen LogP contribution is 2.24. The van der Waals surface area contributed by atoms with Crippen LogP contribution in [0.25, 0.3) is 11.2 Å². The molecule has 0 amide bonds. The Morgan fingerprint density at radius 1 is 1.47 bits per heavy atom. The van der Waals surface area contributed by atoms with Gasteiger partial charge in [0.2, 0.25) is 11.8 Å². The summed E-state index contributed by atoms with van der Waals surface area (Å²) < 4.78 is 5.67. The molecule has 2 aromatic heterocycles. The van der Waals surface area contributed by atoms with Gasteiger partial charge in [-0.05, 0) is 13.8 Å². The molecule has 0 aliphatic heterocycles. The Labute approximate surface area is 98.8 Å². The second-order valence-electron chi connectivity index (χ2n) is 3.96. The maximum absolute atomic E-state index is 5.67. The Morgan fingerprint density at radius 2 is 2.24 bits per heavy atom. The number of rotatable bonds is 3. The van der Waals surface area contributed by atoms with E-state index >= 15 is 0 Å². The first-order valence-corrected chi connectivity index (χ1v) is 5.11. The van der Waals surface area contributed by atoms with Gasteiger partial charge >= 0.3 is 0 Å². The number of imidazole rings is 1. The normalized spacial score (nSPS) is 11.2. The summed E-state index contributed by atoms with van der Waals surface area (Å²) in [7, 11) is 1.73. The minimum absolute atomic E-state index is 0.389. The fraction of sp³-hybridized carbons (Fsp3) is 0.364. The zero-order valence-corrected chi connectivity index (χ0v) is 9.90. The van der Waals surface area contributed by atoms with Gasteiger partial charge in [0.25, 0.3) is 0 Å². The van der Waals surface area contributed by atoms with Gasteiger partial charge in [-0.1, -0.05) is 5.92 Å². The standard InChI is InChI=1S/C11H13N5O/c1-5-11(2,3)17-9-7-8(14-6-13-7)15-10(12-4)16-9/h1,6H,2-4H3,(H2,12,13,14,15,16). The molecule has 0 bridgehead atoms. The third-order valence-corrected chi connectivity index (χ3v) is 2.18. The first-order valence-electron chi connectivity index (χ1n) is 5.11. The van der Waals surface area contributed by atoms with Crippen molar-refractivity contribution in [2.45, 2.75) is 19.4 Å². The molecule has 88 valence electrons. The molecule has 6 nitrogen and oxygen atoms in total. The predicted octanol–water partition coefficient (Wildman–Crippen LogP) is 1.19. The highest BCUT2D eigenvalue weighted by Gasteiger charge is 2.20. The molecule has 0 saturated carbocycles. The molecule has 6 heteroatoms. The first kappa shape index (κ1) is 11.2. The number of terminal acetylenes is 1. The lowest BCUT2D eigenvalue weighted by Gasteiger charge is -2.19. The third-order valence-electron chi connectivity index (χ3n) is 2.18. The van der Waals surface area contributed by atoms with Crippen molar-refractivity contribution in [3.8, 4) is 18.2 Å². The first-order chi connectivity index (χ1) is 8.05. The van der Waals surface area contributed by atoms with Gasteiger partial charge in [0, 0.05) is 7.05 Å². The summed E-state index contributed by atoms with van der Waals surface area (Å²) in [4.78, 5) is 15.4. The molecular formula is C11H13N5O. The van der Waals surface area contributed by atoms with Crippen molar-refractivity contribution in [1.29, 1.82) is 0 Å². The number of hydrogen-bond donors (Lipinski definition) is 2. The Balaban J connectivity index is 2.52. The fourth-order valence-electron chi connectivity index (χ4n) is 1.26. The van der Waals surface area contributed by atoms with Crippen LogP contribution in [0, 0.1) is 12.3 Å². The van der Waals surface area contributed by atoms with Crippen molar-refractivity contribution < 1.29 is 4.74 Å². The Morgan fingerprint density at radius 3 is 2.88 bits per heavy atom. The van der Waals surface area contributed by atoms with Crippen LogP contribution in [0.15, 0.2) is 6.33 Å². The summed E-state index contributed by atoms with van der Waals surface area (Å²) in [5.41, 5.74) is 0.428.